The normalized spacial score (nSPS) is 24.5. The van der Waals surface area contributed by atoms with Crippen LogP contribution in [0.4, 0.5) is 0 Å². The molecule has 2 aromatic heterocycles. The summed E-state index contributed by atoms with van der Waals surface area (Å²) in [5.41, 5.74) is 5.61. The number of aromatic nitrogens is 4. The van der Waals surface area contributed by atoms with Crippen molar-refractivity contribution in [3.05, 3.63) is 26.7 Å². The number of nitrogens with one attached hydrogen (secondary N) is 3. The zero-order valence-corrected chi connectivity index (χ0v) is 9.82. The first-order valence-corrected chi connectivity index (χ1v) is 6.11. The minimum absolute atomic E-state index is 0.189. The molecule has 0 amide bonds. The molecule has 7 heteroatoms. The third kappa shape index (κ3) is 1.86. The number of hydrogen-bond donors (Lipinski definition) is 4. The van der Waals surface area contributed by atoms with Crippen LogP contribution in [-0.4, -0.2) is 26.0 Å². The first-order chi connectivity index (χ1) is 8.63. The maximum atomic E-state index is 11.6. The summed E-state index contributed by atoms with van der Waals surface area (Å²) in [6.45, 7) is 0. The van der Waals surface area contributed by atoms with Gasteiger partial charge in [-0.15, -0.1) is 0 Å². The molecule has 1 saturated carbocycles. The number of imidazole rings is 1. The van der Waals surface area contributed by atoms with Crippen molar-refractivity contribution in [1.29, 1.82) is 0 Å². The number of nitrogens with two attached hydrogens (primary N) is 1. The number of aromatic amines is 3. The van der Waals surface area contributed by atoms with E-state index in [9.17, 15) is 9.59 Å². The maximum Gasteiger partial charge on any atom is 0.327 e. The van der Waals surface area contributed by atoms with Crippen LogP contribution in [0.5, 0.6) is 0 Å². The Bertz CT molecular complexity index is 683. The van der Waals surface area contributed by atoms with E-state index in [1.54, 1.807) is 0 Å². The van der Waals surface area contributed by atoms with E-state index in [0.29, 0.717) is 11.2 Å². The molecule has 1 aliphatic carbocycles. The quantitative estimate of drug-likeness (QED) is 0.565. The second-order valence-electron chi connectivity index (χ2n) is 4.88. The number of H-pyrrole nitrogens is 3. The molecule has 2 heterocycles. The van der Waals surface area contributed by atoms with Gasteiger partial charge in [0.05, 0.1) is 0 Å². The van der Waals surface area contributed by atoms with Crippen LogP contribution in [0.2, 0.25) is 0 Å². The van der Waals surface area contributed by atoms with Crippen LogP contribution in [0, 0.1) is 0 Å². The molecule has 3 rings (SSSR count). The summed E-state index contributed by atoms with van der Waals surface area (Å²) in [7, 11) is 0. The lowest BCUT2D eigenvalue weighted by molar-refractivity contribution is 0.384. The fourth-order valence-corrected chi connectivity index (χ4v) is 2.62. The van der Waals surface area contributed by atoms with Gasteiger partial charge in [-0.05, 0) is 19.3 Å². The lowest BCUT2D eigenvalue weighted by Gasteiger charge is -2.24. The van der Waals surface area contributed by atoms with Gasteiger partial charge in [0.2, 0.25) is 0 Å². The Hall–Kier alpha value is -1.89. The van der Waals surface area contributed by atoms with Gasteiger partial charge in [-0.25, -0.2) is 9.78 Å². The summed E-state index contributed by atoms with van der Waals surface area (Å²) < 4.78 is 0. The Morgan fingerprint density at radius 3 is 2.78 bits per heavy atom. The van der Waals surface area contributed by atoms with Gasteiger partial charge in [0.25, 0.3) is 5.56 Å². The first kappa shape index (κ1) is 11.2. The number of fused-ring (bicyclic) bond motifs is 1. The minimum atomic E-state index is -0.536. The first-order valence-electron chi connectivity index (χ1n) is 6.11. The van der Waals surface area contributed by atoms with Crippen molar-refractivity contribution in [2.75, 3.05) is 0 Å². The van der Waals surface area contributed by atoms with Gasteiger partial charge >= 0.3 is 5.69 Å². The molecule has 0 saturated heterocycles. The Kier molecular flexibility index (Phi) is 2.55. The average Bonchev–Trinajstić information content (AvgIpc) is 2.73. The zero-order valence-electron chi connectivity index (χ0n) is 9.82. The third-order valence-electron chi connectivity index (χ3n) is 3.51. The lowest BCUT2D eigenvalue weighted by Crippen LogP contribution is -2.27. The van der Waals surface area contributed by atoms with E-state index in [2.05, 4.69) is 19.9 Å². The fraction of sp³-hybridized carbons (Fsp3) is 0.545. The van der Waals surface area contributed by atoms with Crippen LogP contribution in [0.15, 0.2) is 9.59 Å². The van der Waals surface area contributed by atoms with Gasteiger partial charge in [0.15, 0.2) is 5.65 Å². The van der Waals surface area contributed by atoms with Crippen LogP contribution < -0.4 is 17.0 Å². The molecule has 18 heavy (non-hydrogen) atoms. The molecule has 2 atom stereocenters. The second kappa shape index (κ2) is 4.09. The van der Waals surface area contributed by atoms with Gasteiger partial charge in [-0.3, -0.25) is 14.8 Å². The summed E-state index contributed by atoms with van der Waals surface area (Å²) in [6, 6.07) is 0.189. The Morgan fingerprint density at radius 1 is 1.17 bits per heavy atom. The van der Waals surface area contributed by atoms with Crippen molar-refractivity contribution in [1.82, 2.24) is 19.9 Å². The maximum absolute atomic E-state index is 11.6. The third-order valence-corrected chi connectivity index (χ3v) is 3.51. The fourth-order valence-electron chi connectivity index (χ4n) is 2.62. The molecular weight excluding hydrogens is 234 g/mol. The number of rotatable bonds is 1. The SMILES string of the molecule is NC1CCCC(c2nc3[nH]c(=O)[nH]c(=O)c3[nH]2)C1. The highest BCUT2D eigenvalue weighted by molar-refractivity contribution is 5.68. The van der Waals surface area contributed by atoms with E-state index in [1.165, 1.54) is 0 Å². The van der Waals surface area contributed by atoms with Crippen molar-refractivity contribution >= 4 is 11.2 Å². The molecule has 0 aliphatic heterocycles. The van der Waals surface area contributed by atoms with Gasteiger partial charge in [-0.2, -0.15) is 0 Å². The highest BCUT2D eigenvalue weighted by Gasteiger charge is 2.23. The summed E-state index contributed by atoms with van der Waals surface area (Å²) in [5, 5.41) is 0. The standard InChI is InChI=1S/C11H15N5O2/c12-6-3-1-2-5(4-6)8-13-7-9(14-8)15-11(18)16-10(7)17/h5-6H,1-4,12H2,(H3,13,14,15,16,17,18). The Morgan fingerprint density at radius 2 is 2.00 bits per heavy atom. The molecule has 1 aliphatic rings. The molecule has 96 valence electrons. The van der Waals surface area contributed by atoms with Crippen LogP contribution in [0.1, 0.15) is 37.4 Å². The van der Waals surface area contributed by atoms with E-state index < -0.39 is 11.2 Å². The van der Waals surface area contributed by atoms with Crippen LogP contribution >= 0.6 is 0 Å². The molecule has 0 spiro atoms. The van der Waals surface area contributed by atoms with Crippen molar-refractivity contribution in [3.8, 4) is 0 Å². The molecule has 0 radical (unpaired) electrons. The minimum Gasteiger partial charge on any atom is -0.336 e. The summed E-state index contributed by atoms with van der Waals surface area (Å²) in [6.07, 6.45) is 3.97. The van der Waals surface area contributed by atoms with Crippen molar-refractivity contribution in [2.24, 2.45) is 5.73 Å². The number of nitrogens with zero attached hydrogens (tertiary/aromatic N) is 1. The topological polar surface area (TPSA) is 120 Å². The molecule has 5 N–H and O–H groups in total. The van der Waals surface area contributed by atoms with Gasteiger partial charge in [-0.1, -0.05) is 6.42 Å². The van der Waals surface area contributed by atoms with Crippen LogP contribution in [0.3, 0.4) is 0 Å². The van der Waals surface area contributed by atoms with Crippen LogP contribution in [0.25, 0.3) is 11.2 Å². The Balaban J connectivity index is 2.05. The summed E-state index contributed by atoms with van der Waals surface area (Å²) >= 11 is 0. The van der Waals surface area contributed by atoms with Crippen LogP contribution in [-0.2, 0) is 0 Å². The zero-order chi connectivity index (χ0) is 12.7. The smallest absolute Gasteiger partial charge is 0.327 e. The Labute approximate surface area is 102 Å². The molecule has 1 fully saturated rings. The predicted molar refractivity (Wildman–Crippen MR) is 66.5 cm³/mol. The highest BCUT2D eigenvalue weighted by atomic mass is 16.2. The molecular formula is C11H15N5O2. The van der Waals surface area contributed by atoms with E-state index in [4.69, 9.17) is 5.73 Å². The predicted octanol–water partition coefficient (Wildman–Crippen LogP) is -0.0756. The van der Waals surface area contributed by atoms with Crippen molar-refractivity contribution < 1.29 is 0 Å². The van der Waals surface area contributed by atoms with Gasteiger partial charge < -0.3 is 10.7 Å². The van der Waals surface area contributed by atoms with Gasteiger partial charge in [0, 0.05) is 12.0 Å². The molecule has 2 aromatic rings. The highest BCUT2D eigenvalue weighted by Crippen LogP contribution is 2.30. The second-order valence-corrected chi connectivity index (χ2v) is 4.88. The monoisotopic (exact) mass is 249 g/mol. The summed E-state index contributed by atoms with van der Waals surface area (Å²) in [4.78, 5) is 34.7. The largest absolute Gasteiger partial charge is 0.336 e. The molecule has 0 aromatic carbocycles. The van der Waals surface area contributed by atoms with Crippen molar-refractivity contribution in [2.45, 2.75) is 37.6 Å². The summed E-state index contributed by atoms with van der Waals surface area (Å²) in [5.74, 6) is 0.983. The molecule has 7 nitrogen and oxygen atoms in total. The van der Waals surface area contributed by atoms with Crippen molar-refractivity contribution in [3.63, 3.8) is 0 Å². The lowest BCUT2D eigenvalue weighted by atomic mass is 9.86. The van der Waals surface area contributed by atoms with E-state index in [1.807, 2.05) is 0 Å². The van der Waals surface area contributed by atoms with E-state index >= 15 is 0 Å². The average molecular weight is 249 g/mol. The molecule has 0 bridgehead atoms. The van der Waals surface area contributed by atoms with Gasteiger partial charge in [0.1, 0.15) is 11.3 Å². The number of hydrogen-bond acceptors (Lipinski definition) is 4. The van der Waals surface area contributed by atoms with E-state index in [-0.39, 0.29) is 12.0 Å². The molecule has 2 unspecified atom stereocenters. The van der Waals surface area contributed by atoms with E-state index in [0.717, 1.165) is 31.5 Å².